The number of halogens is 2. The van der Waals surface area contributed by atoms with Crippen molar-refractivity contribution >= 4 is 36.5 Å². The number of anilines is 1. The lowest BCUT2D eigenvalue weighted by molar-refractivity contribution is -0.757. The summed E-state index contributed by atoms with van der Waals surface area (Å²) in [4.78, 5) is 35.7. The van der Waals surface area contributed by atoms with E-state index in [0.717, 1.165) is 32.0 Å². The van der Waals surface area contributed by atoms with Crippen LogP contribution in [0.15, 0.2) is 79.0 Å². The molecule has 0 atom stereocenters. The number of nitrogens with zero attached hydrogens (tertiary/aromatic N) is 4. The lowest BCUT2D eigenvalue weighted by atomic mass is 9.96. The van der Waals surface area contributed by atoms with Gasteiger partial charge in [-0.1, -0.05) is 60.7 Å². The average Bonchev–Trinajstić information content (AvgIpc) is 2.88. The van der Waals surface area contributed by atoms with Gasteiger partial charge in [-0.15, -0.1) is 34.9 Å². The van der Waals surface area contributed by atoms with Crippen LogP contribution < -0.4 is 10.2 Å². The molecule has 1 N–H and O–H groups in total. The number of aromatic nitrogens is 1. The Balaban J connectivity index is 0.00000228. The Morgan fingerprint density at radius 3 is 2.03 bits per heavy atom. The van der Waals surface area contributed by atoms with Crippen LogP contribution in [0.3, 0.4) is 0 Å². The minimum Gasteiger partial charge on any atom is -0.354 e. The maximum atomic E-state index is 12.2. The third kappa shape index (κ3) is 7.55. The van der Waals surface area contributed by atoms with Gasteiger partial charge < -0.3 is 15.1 Å². The van der Waals surface area contributed by atoms with E-state index in [-0.39, 0.29) is 49.9 Å². The van der Waals surface area contributed by atoms with Gasteiger partial charge in [0.05, 0.1) is 11.6 Å². The fourth-order valence-corrected chi connectivity index (χ4v) is 4.19. The number of piperazine rings is 1. The molecule has 36 heavy (non-hydrogen) atoms. The van der Waals surface area contributed by atoms with Gasteiger partial charge in [0.2, 0.25) is 0 Å². The highest BCUT2D eigenvalue weighted by molar-refractivity contribution is 5.94. The molecule has 0 spiro atoms. The molecule has 2 heterocycles. The van der Waals surface area contributed by atoms with Crippen LogP contribution in [-0.2, 0) is 4.84 Å². The zero-order valence-corrected chi connectivity index (χ0v) is 21.2. The number of benzene rings is 2. The first kappa shape index (κ1) is 28.8. The summed E-state index contributed by atoms with van der Waals surface area (Å²) in [6.45, 7) is 3.28. The maximum absolute atomic E-state index is 12.2. The molecule has 0 bridgehead atoms. The van der Waals surface area contributed by atoms with Gasteiger partial charge in [-0.05, 0) is 23.3 Å². The minimum atomic E-state index is -0.885. The van der Waals surface area contributed by atoms with E-state index in [0.29, 0.717) is 5.56 Å². The van der Waals surface area contributed by atoms with Gasteiger partial charge in [-0.25, -0.2) is 4.98 Å². The van der Waals surface area contributed by atoms with Crippen molar-refractivity contribution in [3.05, 3.63) is 106 Å². The van der Waals surface area contributed by atoms with E-state index in [9.17, 15) is 14.9 Å². The molecule has 0 unspecified atom stereocenters. The van der Waals surface area contributed by atoms with Gasteiger partial charge >= 0.3 is 0 Å². The second-order valence-corrected chi connectivity index (χ2v) is 7.96. The Labute approximate surface area is 222 Å². The van der Waals surface area contributed by atoms with E-state index in [1.54, 1.807) is 6.07 Å². The molecule has 2 aromatic carbocycles. The van der Waals surface area contributed by atoms with E-state index in [2.05, 4.69) is 73.5 Å². The highest BCUT2D eigenvalue weighted by atomic mass is 35.5. The zero-order chi connectivity index (χ0) is 23.8. The highest BCUT2D eigenvalue weighted by Crippen LogP contribution is 2.30. The molecular weight excluding hydrogens is 505 g/mol. The third-order valence-electron chi connectivity index (χ3n) is 5.83. The molecule has 1 aromatic heterocycles. The molecule has 0 aliphatic carbocycles. The fraction of sp³-hybridized carbons (Fsp3) is 0.280. The molecule has 0 radical (unpaired) electrons. The second-order valence-electron chi connectivity index (χ2n) is 7.96. The van der Waals surface area contributed by atoms with Crippen molar-refractivity contribution in [2.24, 2.45) is 0 Å². The largest absolute Gasteiger partial charge is 0.354 e. The summed E-state index contributed by atoms with van der Waals surface area (Å²) in [5, 5.41) is 11.8. The molecule has 3 aromatic rings. The number of hydrogen-bond acceptors (Lipinski definition) is 7. The monoisotopic (exact) mass is 533 g/mol. The number of carbonyl (C=O) groups excluding carboxylic acids is 1. The molecule has 1 saturated heterocycles. The highest BCUT2D eigenvalue weighted by Gasteiger charge is 2.26. The van der Waals surface area contributed by atoms with Crippen LogP contribution >= 0.6 is 24.8 Å². The van der Waals surface area contributed by atoms with Crippen LogP contribution in [0.25, 0.3) is 0 Å². The molecule has 1 amide bonds. The van der Waals surface area contributed by atoms with Crippen LogP contribution in [-0.4, -0.2) is 60.2 Å². The summed E-state index contributed by atoms with van der Waals surface area (Å²) in [7, 11) is 0. The quantitative estimate of drug-likeness (QED) is 0.253. The van der Waals surface area contributed by atoms with E-state index >= 15 is 0 Å². The van der Waals surface area contributed by atoms with Gasteiger partial charge in [0.1, 0.15) is 12.4 Å². The third-order valence-corrected chi connectivity index (χ3v) is 5.83. The first-order chi connectivity index (χ1) is 16.6. The molecule has 4 rings (SSSR count). The second kappa shape index (κ2) is 14.2. The van der Waals surface area contributed by atoms with Crippen LogP contribution in [0.1, 0.15) is 27.5 Å². The van der Waals surface area contributed by atoms with E-state index in [4.69, 9.17) is 0 Å². The van der Waals surface area contributed by atoms with Crippen molar-refractivity contribution in [2.45, 2.75) is 6.04 Å². The Morgan fingerprint density at radius 2 is 1.53 bits per heavy atom. The summed E-state index contributed by atoms with van der Waals surface area (Å²) in [6, 6.07) is 24.9. The lowest BCUT2D eigenvalue weighted by Gasteiger charge is -2.40. The number of carbonyl (C=O) groups is 1. The molecule has 1 aliphatic heterocycles. The van der Waals surface area contributed by atoms with Gasteiger partial charge in [0.25, 0.3) is 11.0 Å². The molecule has 11 heteroatoms. The number of rotatable bonds is 9. The average molecular weight is 534 g/mol. The molecule has 0 saturated carbocycles. The van der Waals surface area contributed by atoms with Crippen molar-refractivity contribution in [3.63, 3.8) is 0 Å². The normalized spacial score (nSPS) is 13.3. The van der Waals surface area contributed by atoms with Crippen LogP contribution in [0.4, 0.5) is 5.82 Å². The molecule has 192 valence electrons. The van der Waals surface area contributed by atoms with Gasteiger partial charge in [0.15, 0.2) is 0 Å². The predicted molar refractivity (Wildman–Crippen MR) is 143 cm³/mol. The van der Waals surface area contributed by atoms with Gasteiger partial charge in [-0.2, -0.15) is 0 Å². The first-order valence-electron chi connectivity index (χ1n) is 11.2. The Bertz CT molecular complexity index is 1040. The Kier molecular flexibility index (Phi) is 11.4. The smallest absolute Gasteiger partial charge is 0.294 e. The number of nitrogens with one attached hydrogen (secondary N) is 1. The summed E-state index contributed by atoms with van der Waals surface area (Å²) < 4.78 is 0. The van der Waals surface area contributed by atoms with E-state index in [1.165, 1.54) is 17.3 Å². The first-order valence-corrected chi connectivity index (χ1v) is 11.2. The zero-order valence-electron chi connectivity index (χ0n) is 19.6. The summed E-state index contributed by atoms with van der Waals surface area (Å²) in [5.41, 5.74) is 2.95. The summed E-state index contributed by atoms with van der Waals surface area (Å²) in [6.07, 6.45) is 1.53. The van der Waals surface area contributed by atoms with E-state index in [1.807, 2.05) is 18.2 Å². The van der Waals surface area contributed by atoms with Gasteiger partial charge in [-0.3, -0.25) is 9.69 Å². The topological polar surface area (TPSA) is 101 Å². The van der Waals surface area contributed by atoms with Crippen LogP contribution in [0, 0.1) is 10.1 Å². The SMILES string of the molecule is Cl.Cl.O=C(NCCO[N+](=O)[O-])c1ccc(N2CCN(C(c3ccccc3)c3ccccc3)CC2)nc1. The van der Waals surface area contributed by atoms with Crippen molar-refractivity contribution < 1.29 is 14.7 Å². The van der Waals surface area contributed by atoms with Crippen LogP contribution in [0.5, 0.6) is 0 Å². The number of amides is 1. The van der Waals surface area contributed by atoms with Crippen molar-refractivity contribution in [1.82, 2.24) is 15.2 Å². The van der Waals surface area contributed by atoms with E-state index < -0.39 is 5.09 Å². The van der Waals surface area contributed by atoms with Gasteiger partial charge in [0, 0.05) is 38.9 Å². The standard InChI is InChI=1S/C25H27N5O4.2ClH/c31-25(26-13-18-34-30(32)33)22-11-12-23(27-19-22)28-14-16-29(17-15-28)24(20-7-3-1-4-8-20)21-9-5-2-6-10-21;;/h1-12,19,24H,13-18H2,(H,26,31);2*1H. The molecule has 9 nitrogen and oxygen atoms in total. The Morgan fingerprint density at radius 1 is 0.944 bits per heavy atom. The van der Waals surface area contributed by atoms with Crippen molar-refractivity contribution in [1.29, 1.82) is 0 Å². The fourth-order valence-electron chi connectivity index (χ4n) is 4.19. The lowest BCUT2D eigenvalue weighted by Crippen LogP contribution is -2.48. The summed E-state index contributed by atoms with van der Waals surface area (Å²) >= 11 is 0. The minimum absolute atomic E-state index is 0. The maximum Gasteiger partial charge on any atom is 0.294 e. The van der Waals surface area contributed by atoms with Crippen LogP contribution in [0.2, 0.25) is 0 Å². The summed E-state index contributed by atoms with van der Waals surface area (Å²) in [5.74, 6) is 0.480. The van der Waals surface area contributed by atoms with Crippen molar-refractivity contribution in [2.75, 3.05) is 44.2 Å². The number of pyridine rings is 1. The van der Waals surface area contributed by atoms with Crippen molar-refractivity contribution in [3.8, 4) is 0 Å². The molecular formula is C25H29Cl2N5O4. The predicted octanol–water partition coefficient (Wildman–Crippen LogP) is 3.77. The molecule has 1 aliphatic rings. The Hall–Kier alpha value is -3.40. The molecule has 1 fully saturated rings. The number of hydrogen-bond donors (Lipinski definition) is 1.